The van der Waals surface area contributed by atoms with E-state index in [2.05, 4.69) is 23.7 Å². The Kier molecular flexibility index (Phi) is 3.49. The van der Waals surface area contributed by atoms with Gasteiger partial charge in [-0.05, 0) is 39.3 Å². The molecule has 1 aromatic rings. The van der Waals surface area contributed by atoms with E-state index >= 15 is 0 Å². The Bertz CT molecular complexity index is 510. The van der Waals surface area contributed by atoms with E-state index in [-0.39, 0.29) is 11.4 Å². The number of hydrogen-bond donors (Lipinski definition) is 2. The molecular weight excluding hydrogens is 240 g/mol. The molecule has 0 atom stereocenters. The third-order valence-corrected chi connectivity index (χ3v) is 3.32. The first kappa shape index (κ1) is 13.8. The van der Waals surface area contributed by atoms with Gasteiger partial charge in [0.05, 0.1) is 17.8 Å². The van der Waals surface area contributed by atoms with E-state index in [0.29, 0.717) is 6.61 Å². The molecule has 1 aliphatic rings. The van der Waals surface area contributed by atoms with Gasteiger partial charge < -0.3 is 15.4 Å². The van der Waals surface area contributed by atoms with Crippen molar-refractivity contribution in [2.45, 2.75) is 33.3 Å². The molecule has 1 aromatic heterocycles. The molecule has 1 aliphatic heterocycles. The fraction of sp³-hybridized carbons (Fsp3) is 0.571. The number of nitrogen functional groups attached to an aromatic ring is 1. The van der Waals surface area contributed by atoms with E-state index in [4.69, 9.17) is 15.9 Å². The van der Waals surface area contributed by atoms with Gasteiger partial charge in [-0.15, -0.1) is 0 Å². The molecule has 0 amide bonds. The highest BCUT2D eigenvalue weighted by Crippen LogP contribution is 2.26. The molecule has 1 saturated heterocycles. The summed E-state index contributed by atoms with van der Waals surface area (Å²) in [6, 6.07) is 1.96. The lowest BCUT2D eigenvalue weighted by Gasteiger charge is -2.39. The van der Waals surface area contributed by atoms with Crippen molar-refractivity contribution in [3.63, 3.8) is 0 Å². The van der Waals surface area contributed by atoms with Crippen molar-refractivity contribution in [2.75, 3.05) is 24.6 Å². The number of ether oxygens (including phenoxy) is 1. The standard InChI is InChI=1S/C14H22N4O/c1-9-7-10(2)17-13(11(9)12(15)16)18-5-6-19-14(3,4)8-18/h7H,5-6,8H2,1-4H3,(H3,15,16). The predicted octanol–water partition coefficient (Wildman–Crippen LogP) is 1.60. The Hall–Kier alpha value is -1.62. The number of aryl methyl sites for hydroxylation is 2. The van der Waals surface area contributed by atoms with Crippen molar-refractivity contribution >= 4 is 11.7 Å². The molecule has 0 radical (unpaired) electrons. The van der Waals surface area contributed by atoms with Crippen LogP contribution in [0, 0.1) is 19.3 Å². The Morgan fingerprint density at radius 1 is 1.47 bits per heavy atom. The number of rotatable bonds is 2. The number of nitrogens with two attached hydrogens (primary N) is 1. The van der Waals surface area contributed by atoms with Crippen LogP contribution in [-0.4, -0.2) is 36.1 Å². The maximum Gasteiger partial charge on any atom is 0.140 e. The summed E-state index contributed by atoms with van der Waals surface area (Å²) >= 11 is 0. The number of hydrogen-bond acceptors (Lipinski definition) is 4. The Morgan fingerprint density at radius 2 is 2.16 bits per heavy atom. The minimum Gasteiger partial charge on any atom is -0.384 e. The number of aromatic nitrogens is 1. The van der Waals surface area contributed by atoms with Gasteiger partial charge in [0.25, 0.3) is 0 Å². The van der Waals surface area contributed by atoms with Gasteiger partial charge >= 0.3 is 0 Å². The Balaban J connectivity index is 2.46. The van der Waals surface area contributed by atoms with Crippen molar-refractivity contribution in [3.05, 3.63) is 22.9 Å². The van der Waals surface area contributed by atoms with Crippen LogP contribution in [0.25, 0.3) is 0 Å². The third kappa shape index (κ3) is 2.87. The Labute approximate surface area is 114 Å². The van der Waals surface area contributed by atoms with Crippen LogP contribution in [0.1, 0.15) is 30.7 Å². The highest BCUT2D eigenvalue weighted by atomic mass is 16.5. The summed E-state index contributed by atoms with van der Waals surface area (Å²) in [4.78, 5) is 6.76. The molecule has 0 bridgehead atoms. The maximum atomic E-state index is 7.78. The molecule has 2 heterocycles. The summed E-state index contributed by atoms with van der Waals surface area (Å²) < 4.78 is 5.72. The van der Waals surface area contributed by atoms with Gasteiger partial charge in [-0.2, -0.15) is 0 Å². The van der Waals surface area contributed by atoms with Crippen molar-refractivity contribution in [3.8, 4) is 0 Å². The summed E-state index contributed by atoms with van der Waals surface area (Å²) in [5.41, 5.74) is 8.21. The highest BCUT2D eigenvalue weighted by molar-refractivity contribution is 6.01. The van der Waals surface area contributed by atoms with E-state index in [0.717, 1.165) is 35.7 Å². The molecule has 3 N–H and O–H groups in total. The number of anilines is 1. The number of morpholine rings is 1. The lowest BCUT2D eigenvalue weighted by atomic mass is 10.0. The van der Waals surface area contributed by atoms with Gasteiger partial charge in [-0.25, -0.2) is 4.98 Å². The normalized spacial score (nSPS) is 18.4. The zero-order valence-corrected chi connectivity index (χ0v) is 12.1. The van der Waals surface area contributed by atoms with Crippen LogP contribution in [0.2, 0.25) is 0 Å². The molecule has 1 fully saturated rings. The topological polar surface area (TPSA) is 75.2 Å². The van der Waals surface area contributed by atoms with E-state index in [1.807, 2.05) is 19.9 Å². The summed E-state index contributed by atoms with van der Waals surface area (Å²) in [5.74, 6) is 0.880. The first-order valence-electron chi connectivity index (χ1n) is 6.52. The quantitative estimate of drug-likeness (QED) is 0.627. The summed E-state index contributed by atoms with van der Waals surface area (Å²) in [6.45, 7) is 10.3. The molecule has 0 spiro atoms. The van der Waals surface area contributed by atoms with Crippen molar-refractivity contribution in [1.29, 1.82) is 5.41 Å². The monoisotopic (exact) mass is 262 g/mol. The molecule has 2 rings (SSSR count). The van der Waals surface area contributed by atoms with Crippen LogP contribution >= 0.6 is 0 Å². The first-order valence-corrected chi connectivity index (χ1v) is 6.52. The van der Waals surface area contributed by atoms with Gasteiger partial charge in [-0.3, -0.25) is 5.41 Å². The van der Waals surface area contributed by atoms with Crippen LogP contribution < -0.4 is 10.6 Å². The maximum absolute atomic E-state index is 7.78. The molecule has 5 heteroatoms. The predicted molar refractivity (Wildman–Crippen MR) is 77.0 cm³/mol. The van der Waals surface area contributed by atoms with Crippen LogP contribution in [0.15, 0.2) is 6.07 Å². The fourth-order valence-electron chi connectivity index (χ4n) is 2.58. The van der Waals surface area contributed by atoms with Crippen LogP contribution in [-0.2, 0) is 4.74 Å². The van der Waals surface area contributed by atoms with E-state index < -0.39 is 0 Å². The van der Waals surface area contributed by atoms with Crippen molar-refractivity contribution in [1.82, 2.24) is 4.98 Å². The number of nitrogens with one attached hydrogen (secondary N) is 1. The molecule has 0 unspecified atom stereocenters. The summed E-state index contributed by atoms with van der Waals surface area (Å²) in [6.07, 6.45) is 0. The van der Waals surface area contributed by atoms with Crippen LogP contribution in [0.5, 0.6) is 0 Å². The number of nitrogens with zero attached hydrogens (tertiary/aromatic N) is 2. The summed E-state index contributed by atoms with van der Waals surface area (Å²) in [5, 5.41) is 7.78. The second kappa shape index (κ2) is 4.81. The van der Waals surface area contributed by atoms with Gasteiger partial charge in [0.2, 0.25) is 0 Å². The number of amidine groups is 1. The van der Waals surface area contributed by atoms with E-state index in [9.17, 15) is 0 Å². The van der Waals surface area contributed by atoms with E-state index in [1.165, 1.54) is 0 Å². The van der Waals surface area contributed by atoms with Crippen LogP contribution in [0.3, 0.4) is 0 Å². The van der Waals surface area contributed by atoms with Gasteiger partial charge in [0.1, 0.15) is 11.7 Å². The molecule has 0 aliphatic carbocycles. The molecule has 19 heavy (non-hydrogen) atoms. The van der Waals surface area contributed by atoms with Crippen molar-refractivity contribution < 1.29 is 4.74 Å². The average Bonchev–Trinajstić information content (AvgIpc) is 2.25. The fourth-order valence-corrected chi connectivity index (χ4v) is 2.58. The lowest BCUT2D eigenvalue weighted by Crippen LogP contribution is -2.49. The minimum absolute atomic E-state index is 0.0734. The molecular formula is C14H22N4O. The smallest absolute Gasteiger partial charge is 0.140 e. The molecule has 5 nitrogen and oxygen atoms in total. The molecule has 104 valence electrons. The third-order valence-electron chi connectivity index (χ3n) is 3.32. The molecule has 0 saturated carbocycles. The lowest BCUT2D eigenvalue weighted by molar-refractivity contribution is -0.0279. The van der Waals surface area contributed by atoms with Gasteiger partial charge in [0, 0.05) is 18.8 Å². The van der Waals surface area contributed by atoms with Gasteiger partial charge in [-0.1, -0.05) is 0 Å². The van der Waals surface area contributed by atoms with Crippen LogP contribution in [0.4, 0.5) is 5.82 Å². The first-order chi connectivity index (χ1) is 8.80. The number of pyridine rings is 1. The van der Waals surface area contributed by atoms with Gasteiger partial charge in [0.15, 0.2) is 0 Å². The van der Waals surface area contributed by atoms with E-state index in [1.54, 1.807) is 0 Å². The second-order valence-corrected chi connectivity index (χ2v) is 5.72. The second-order valence-electron chi connectivity index (χ2n) is 5.72. The highest BCUT2D eigenvalue weighted by Gasteiger charge is 2.30. The zero-order valence-electron chi connectivity index (χ0n) is 12.1. The SMILES string of the molecule is Cc1cc(C)c(C(=N)N)c(N2CCOC(C)(C)C2)n1. The Morgan fingerprint density at radius 3 is 2.74 bits per heavy atom. The van der Waals surface area contributed by atoms with Crippen molar-refractivity contribution in [2.24, 2.45) is 5.73 Å². The molecule has 0 aromatic carbocycles. The largest absolute Gasteiger partial charge is 0.384 e. The average molecular weight is 262 g/mol. The summed E-state index contributed by atoms with van der Waals surface area (Å²) in [7, 11) is 0. The zero-order chi connectivity index (χ0) is 14.2. The minimum atomic E-state index is -0.203.